The van der Waals surface area contributed by atoms with Crippen molar-refractivity contribution in [3.05, 3.63) is 78.0 Å². The Labute approximate surface area is 175 Å². The van der Waals surface area contributed by atoms with Crippen LogP contribution in [0, 0.1) is 0 Å². The van der Waals surface area contributed by atoms with Crippen molar-refractivity contribution >= 4 is 17.5 Å². The number of carbonyl (C=O) groups is 1. The van der Waals surface area contributed by atoms with E-state index >= 15 is 0 Å². The Kier molecular flexibility index (Phi) is 6.88. The van der Waals surface area contributed by atoms with Gasteiger partial charge in [-0.3, -0.25) is 9.78 Å². The number of halogens is 1. The molecule has 0 spiro atoms. The van der Waals surface area contributed by atoms with E-state index in [1.54, 1.807) is 18.3 Å². The molecule has 2 aromatic heterocycles. The van der Waals surface area contributed by atoms with Gasteiger partial charge in [0.05, 0.1) is 17.3 Å². The summed E-state index contributed by atoms with van der Waals surface area (Å²) >= 11 is 5.90. The number of hydrogen-bond acceptors (Lipinski definition) is 5. The van der Waals surface area contributed by atoms with Crippen LogP contribution in [0.3, 0.4) is 0 Å². The third-order valence-electron chi connectivity index (χ3n) is 4.71. The van der Waals surface area contributed by atoms with Gasteiger partial charge in [0, 0.05) is 24.4 Å². The van der Waals surface area contributed by atoms with Crippen molar-refractivity contribution in [1.82, 2.24) is 15.0 Å². The molecule has 2 atom stereocenters. The molecule has 0 saturated heterocycles. The fourth-order valence-electron chi connectivity index (χ4n) is 3.52. The molecule has 1 aliphatic heterocycles. The van der Waals surface area contributed by atoms with Crippen LogP contribution in [0.2, 0.25) is 5.02 Å². The van der Waals surface area contributed by atoms with Crippen molar-refractivity contribution < 1.29 is 14.1 Å². The van der Waals surface area contributed by atoms with Crippen LogP contribution in [0.5, 0.6) is 5.75 Å². The Hall–Kier alpha value is -2.86. The lowest BCUT2D eigenvalue weighted by Crippen LogP contribution is -2.48. The fourth-order valence-corrected chi connectivity index (χ4v) is 3.68. The number of pyridine rings is 1. The second-order valence-electron chi connectivity index (χ2n) is 7.01. The first-order valence-electron chi connectivity index (χ1n) is 9.42. The second kappa shape index (κ2) is 9.56. The quantitative estimate of drug-likeness (QED) is 0.570. The Morgan fingerprint density at radius 1 is 1.34 bits per heavy atom. The van der Waals surface area contributed by atoms with E-state index < -0.39 is 0 Å². The van der Waals surface area contributed by atoms with E-state index in [0.29, 0.717) is 29.4 Å². The van der Waals surface area contributed by atoms with E-state index in [0.717, 1.165) is 6.42 Å². The van der Waals surface area contributed by atoms with Crippen LogP contribution in [0.4, 0.5) is 0 Å². The molecule has 1 aliphatic rings. The molecule has 0 bridgehead atoms. The minimum Gasteiger partial charge on any atom is -0.484 e. The summed E-state index contributed by atoms with van der Waals surface area (Å²) in [6.45, 7) is 9.87. The summed E-state index contributed by atoms with van der Waals surface area (Å²) in [4.78, 5) is 19.1. The van der Waals surface area contributed by atoms with Gasteiger partial charge in [-0.05, 0) is 26.2 Å². The lowest BCUT2D eigenvalue weighted by Gasteiger charge is -2.40. The Morgan fingerprint density at radius 3 is 2.86 bits per heavy atom. The lowest BCUT2D eigenvalue weighted by atomic mass is 9.92. The van der Waals surface area contributed by atoms with Crippen LogP contribution < -0.4 is 4.74 Å². The summed E-state index contributed by atoms with van der Waals surface area (Å²) < 4.78 is 10.9. The molecular weight excluding hydrogens is 390 g/mol. The summed E-state index contributed by atoms with van der Waals surface area (Å²) in [6.07, 6.45) is 11.1. The largest absolute Gasteiger partial charge is 0.484 e. The van der Waals surface area contributed by atoms with Crippen molar-refractivity contribution in [3.63, 3.8) is 0 Å². The highest BCUT2D eigenvalue weighted by Gasteiger charge is 2.34. The zero-order valence-electron chi connectivity index (χ0n) is 16.4. The summed E-state index contributed by atoms with van der Waals surface area (Å²) in [6, 6.07) is 3.23. The zero-order chi connectivity index (χ0) is 20.8. The Balaban J connectivity index is 1.75. The summed E-state index contributed by atoms with van der Waals surface area (Å²) in [5.41, 5.74) is 1.51. The molecule has 0 saturated carbocycles. The van der Waals surface area contributed by atoms with Gasteiger partial charge in [0.2, 0.25) is 0 Å². The van der Waals surface area contributed by atoms with Gasteiger partial charge >= 0.3 is 0 Å². The van der Waals surface area contributed by atoms with E-state index in [1.807, 2.05) is 17.1 Å². The van der Waals surface area contributed by atoms with Crippen molar-refractivity contribution in [1.29, 1.82) is 0 Å². The minimum absolute atomic E-state index is 0.0314. The maximum absolute atomic E-state index is 13.2. The average Bonchev–Trinajstić information content (AvgIpc) is 3.15. The number of rotatable bonds is 8. The second-order valence-corrected chi connectivity index (χ2v) is 7.44. The third-order valence-corrected chi connectivity index (χ3v) is 4.91. The average molecular weight is 414 g/mol. The number of carbonyl (C=O) groups excluding carboxylic acids is 1. The van der Waals surface area contributed by atoms with Gasteiger partial charge in [0.15, 0.2) is 11.5 Å². The van der Waals surface area contributed by atoms with Crippen molar-refractivity contribution in [2.75, 3.05) is 0 Å². The summed E-state index contributed by atoms with van der Waals surface area (Å²) in [5, 5.41) is 4.45. The lowest BCUT2D eigenvalue weighted by molar-refractivity contribution is 0.0590. The summed E-state index contributed by atoms with van der Waals surface area (Å²) in [7, 11) is 0. The number of hydrogen-bond donors (Lipinski definition) is 0. The van der Waals surface area contributed by atoms with E-state index in [9.17, 15) is 4.79 Å². The van der Waals surface area contributed by atoms with Crippen LogP contribution >= 0.6 is 11.6 Å². The van der Waals surface area contributed by atoms with Crippen molar-refractivity contribution in [3.8, 4) is 5.75 Å². The van der Waals surface area contributed by atoms with Crippen LogP contribution in [-0.2, 0) is 6.61 Å². The Bertz CT molecular complexity index is 922. The molecule has 0 radical (unpaired) electrons. The monoisotopic (exact) mass is 413 g/mol. The number of aromatic nitrogens is 2. The topological polar surface area (TPSA) is 68.5 Å². The maximum atomic E-state index is 13.2. The van der Waals surface area contributed by atoms with Crippen LogP contribution in [-0.4, -0.2) is 33.0 Å². The normalized spacial score (nSPS) is 18.8. The highest BCUT2D eigenvalue weighted by Crippen LogP contribution is 2.28. The molecule has 0 aliphatic carbocycles. The van der Waals surface area contributed by atoms with Gasteiger partial charge in [0.1, 0.15) is 12.4 Å². The highest BCUT2D eigenvalue weighted by atomic mass is 35.5. The third kappa shape index (κ3) is 5.15. The molecule has 29 heavy (non-hydrogen) atoms. The van der Waals surface area contributed by atoms with Crippen LogP contribution in [0.15, 0.2) is 66.0 Å². The molecule has 3 heterocycles. The van der Waals surface area contributed by atoms with Crippen molar-refractivity contribution in [2.24, 2.45) is 0 Å². The predicted octanol–water partition coefficient (Wildman–Crippen LogP) is 4.98. The van der Waals surface area contributed by atoms with E-state index in [4.69, 9.17) is 20.9 Å². The number of amides is 1. The molecule has 2 aromatic rings. The van der Waals surface area contributed by atoms with Gasteiger partial charge in [-0.25, -0.2) is 0 Å². The highest BCUT2D eigenvalue weighted by molar-refractivity contribution is 6.30. The van der Waals surface area contributed by atoms with Crippen molar-refractivity contribution in [2.45, 2.75) is 44.9 Å². The molecule has 0 fully saturated rings. The van der Waals surface area contributed by atoms with E-state index in [-0.39, 0.29) is 30.3 Å². The maximum Gasteiger partial charge on any atom is 0.276 e. The Morgan fingerprint density at radius 2 is 2.14 bits per heavy atom. The first-order valence-corrected chi connectivity index (χ1v) is 9.80. The molecule has 7 heteroatoms. The van der Waals surface area contributed by atoms with E-state index in [2.05, 4.69) is 36.3 Å². The molecule has 0 aromatic carbocycles. The molecular formula is C22H24ClN3O3. The smallest absolute Gasteiger partial charge is 0.276 e. The van der Waals surface area contributed by atoms with Crippen LogP contribution in [0.25, 0.3) is 0 Å². The van der Waals surface area contributed by atoms with Crippen LogP contribution in [0.1, 0.15) is 42.4 Å². The number of ether oxygens (including phenoxy) is 1. The predicted molar refractivity (Wildman–Crippen MR) is 112 cm³/mol. The first kappa shape index (κ1) is 20.9. The minimum atomic E-state index is -0.174. The fraction of sp³-hybridized carbons (Fsp3) is 0.318. The standard InChI is InChI=1S/C22H24ClN3O3/c1-4-6-17-8-15(3)9-18(7-5-2)26(17)22(27)21-11-20(29-25-21)14-28-19-10-16(23)12-24-13-19/h4-5,8,10-13,17-18H,1-2,6-7,9,14H2,3H3/t17-,18-/m1/s1. The van der Waals surface area contributed by atoms with Gasteiger partial charge in [-0.2, -0.15) is 0 Å². The molecule has 1 amide bonds. The SMILES string of the molecule is C=CC[C@@H]1CC(C)=C[C@@H](CC=C)N1C(=O)c1cc(COc2cncc(Cl)c2)on1. The van der Waals surface area contributed by atoms with Gasteiger partial charge in [0.25, 0.3) is 5.91 Å². The molecule has 0 unspecified atom stereocenters. The molecule has 3 rings (SSSR count). The molecule has 6 nitrogen and oxygen atoms in total. The first-order chi connectivity index (χ1) is 14.0. The molecule has 0 N–H and O–H groups in total. The van der Waals surface area contributed by atoms with Gasteiger partial charge in [-0.1, -0.05) is 40.6 Å². The number of nitrogens with zero attached hydrogens (tertiary/aromatic N) is 3. The summed E-state index contributed by atoms with van der Waals surface area (Å²) in [5.74, 6) is 0.778. The van der Waals surface area contributed by atoms with Gasteiger partial charge < -0.3 is 14.2 Å². The van der Waals surface area contributed by atoms with E-state index in [1.165, 1.54) is 11.8 Å². The zero-order valence-corrected chi connectivity index (χ0v) is 17.1. The molecule has 152 valence electrons. The van der Waals surface area contributed by atoms with Gasteiger partial charge in [-0.15, -0.1) is 13.2 Å².